The lowest BCUT2D eigenvalue weighted by atomic mass is 9.47. The molecule has 0 radical (unpaired) electrons. The van der Waals surface area contributed by atoms with E-state index in [4.69, 9.17) is 18.8 Å². The van der Waals surface area contributed by atoms with E-state index >= 15 is 0 Å². The zero-order valence-electron chi connectivity index (χ0n) is 22.7. The van der Waals surface area contributed by atoms with Gasteiger partial charge in [-0.1, -0.05) is 13.8 Å². The van der Waals surface area contributed by atoms with E-state index in [-0.39, 0.29) is 56.3 Å². The van der Waals surface area contributed by atoms with Gasteiger partial charge in [0.2, 0.25) is 0 Å². The third-order valence-electron chi connectivity index (χ3n) is 10.9. The molecule has 13 heteroatoms. The van der Waals surface area contributed by atoms with Crippen LogP contribution >= 0.6 is 0 Å². The van der Waals surface area contributed by atoms with Crippen molar-refractivity contribution in [3.8, 4) is 0 Å². The minimum Gasteiger partial charge on any atom is -0.456 e. The molecule has 10 nitrogen and oxygen atoms in total. The molecule has 226 valence electrons. The predicted molar refractivity (Wildman–Crippen MR) is 132 cm³/mol. The molecule has 0 heterocycles. The molecule has 0 aliphatic heterocycles. The van der Waals surface area contributed by atoms with E-state index in [9.17, 15) is 37.0 Å². The first-order valence-electron chi connectivity index (χ1n) is 14.2. The van der Waals surface area contributed by atoms with Crippen molar-refractivity contribution in [3.63, 3.8) is 0 Å². The highest BCUT2D eigenvalue weighted by molar-refractivity contribution is 7.87. The number of carbonyl (C=O) groups is 2. The Kier molecular flexibility index (Phi) is 6.16. The van der Waals surface area contributed by atoms with Crippen molar-refractivity contribution < 1.29 is 55.8 Å². The van der Waals surface area contributed by atoms with E-state index in [2.05, 4.69) is 13.8 Å². The lowest BCUT2D eigenvalue weighted by molar-refractivity contribution is -0.313. The third kappa shape index (κ3) is 4.32. The van der Waals surface area contributed by atoms with E-state index in [1.54, 1.807) is 0 Å². The number of esters is 2. The van der Waals surface area contributed by atoms with Crippen molar-refractivity contribution in [2.24, 2.45) is 29.6 Å². The van der Waals surface area contributed by atoms with Crippen molar-refractivity contribution in [2.45, 2.75) is 118 Å². The van der Waals surface area contributed by atoms with Crippen LogP contribution in [0.1, 0.15) is 84.5 Å². The Morgan fingerprint density at radius 1 is 0.850 bits per heavy atom. The van der Waals surface area contributed by atoms with Crippen molar-refractivity contribution in [1.29, 1.82) is 0 Å². The molecule has 0 aromatic heterocycles. The summed E-state index contributed by atoms with van der Waals surface area (Å²) in [6.45, 7) is 3.64. The highest BCUT2D eigenvalue weighted by Gasteiger charge is 2.71. The molecular formula is C27H38F2O10S. The van der Waals surface area contributed by atoms with Gasteiger partial charge in [-0.05, 0) is 61.7 Å². The van der Waals surface area contributed by atoms with Crippen LogP contribution in [-0.2, 0) is 33.9 Å². The number of carbonyl (C=O) groups excluding carboxylic acids is 2. The van der Waals surface area contributed by atoms with E-state index in [0.717, 1.165) is 25.7 Å². The minimum atomic E-state index is -6.11. The number of alkyl halides is 2. The highest BCUT2D eigenvalue weighted by atomic mass is 32.2. The standard InChI is InChI=1S/C27H38F2O10S/c1-15(2)26(18-4-16-3-17(6-18)7-19(26)5-16)38-20(30)8-37-24-10-22(32)9-23(33,11-24)13-25(12-22,14-24)39-21(31)27(28,29)40(34,35)36/h15-19,32-33H,3-14H2,1-2H3,(H,34,35,36). The lowest BCUT2D eigenvalue weighted by Gasteiger charge is -2.66. The first-order valence-corrected chi connectivity index (χ1v) is 15.7. The summed E-state index contributed by atoms with van der Waals surface area (Å²) in [5.41, 5.74) is -7.21. The Hall–Kier alpha value is -1.41. The summed E-state index contributed by atoms with van der Waals surface area (Å²) in [7, 11) is -6.11. The van der Waals surface area contributed by atoms with Gasteiger partial charge in [0.25, 0.3) is 0 Å². The van der Waals surface area contributed by atoms with Gasteiger partial charge >= 0.3 is 27.3 Å². The molecule has 8 rings (SSSR count). The van der Waals surface area contributed by atoms with Crippen LogP contribution in [0.25, 0.3) is 0 Å². The molecule has 0 spiro atoms. The molecule has 0 aromatic rings. The number of halogens is 2. The predicted octanol–water partition coefficient (Wildman–Crippen LogP) is 2.74. The average Bonchev–Trinajstić information content (AvgIpc) is 2.76. The first kappa shape index (κ1) is 28.7. The van der Waals surface area contributed by atoms with Gasteiger partial charge < -0.3 is 24.4 Å². The van der Waals surface area contributed by atoms with E-state index < -0.39 is 61.9 Å². The Balaban J connectivity index is 1.20. The zero-order chi connectivity index (χ0) is 29.1. The second kappa shape index (κ2) is 8.58. The number of rotatable bonds is 8. The van der Waals surface area contributed by atoms with Gasteiger partial charge in [-0.25, -0.2) is 9.59 Å². The number of aliphatic hydroxyl groups is 2. The van der Waals surface area contributed by atoms with Crippen LogP contribution < -0.4 is 0 Å². The van der Waals surface area contributed by atoms with Gasteiger partial charge in [0, 0.05) is 38.5 Å². The van der Waals surface area contributed by atoms with Gasteiger partial charge in [-0.2, -0.15) is 17.2 Å². The van der Waals surface area contributed by atoms with Crippen molar-refractivity contribution >= 4 is 22.1 Å². The molecule has 40 heavy (non-hydrogen) atoms. The van der Waals surface area contributed by atoms with Gasteiger partial charge in [-0.3, -0.25) is 4.55 Å². The fourth-order valence-electron chi connectivity index (χ4n) is 10.6. The summed E-state index contributed by atoms with van der Waals surface area (Å²) in [4.78, 5) is 25.6. The molecule has 2 unspecified atom stereocenters. The molecule has 0 aromatic carbocycles. The van der Waals surface area contributed by atoms with Crippen LogP contribution in [0.2, 0.25) is 0 Å². The SMILES string of the molecule is CC(C)C1(OC(=O)COC23CC4(O)CC(O)(C2)CC(OC(=O)C(F)(F)S(=O)(=O)O)(C4)C3)C2CC3CC(C2)CC1C3. The average molecular weight is 593 g/mol. The molecular weight excluding hydrogens is 554 g/mol. The Bertz CT molecular complexity index is 1170. The first-order chi connectivity index (χ1) is 18.3. The Morgan fingerprint density at radius 2 is 1.35 bits per heavy atom. The van der Waals surface area contributed by atoms with Crippen LogP contribution in [0.15, 0.2) is 0 Å². The molecule has 8 aliphatic rings. The second-order valence-corrected chi connectivity index (χ2v) is 15.8. The zero-order valence-corrected chi connectivity index (χ0v) is 23.6. The summed E-state index contributed by atoms with van der Waals surface area (Å²) in [6.07, 6.45) is 4.30. The molecule has 8 aliphatic carbocycles. The van der Waals surface area contributed by atoms with Gasteiger partial charge in [-0.15, -0.1) is 0 Å². The quantitative estimate of drug-likeness (QED) is 0.283. The molecule has 8 saturated carbocycles. The maximum absolute atomic E-state index is 14.1. The molecule has 8 bridgehead atoms. The van der Waals surface area contributed by atoms with Gasteiger partial charge in [0.1, 0.15) is 17.8 Å². The highest BCUT2D eigenvalue weighted by Crippen LogP contribution is 2.64. The normalized spacial score (nSPS) is 47.1. The van der Waals surface area contributed by atoms with Crippen molar-refractivity contribution in [2.75, 3.05) is 6.61 Å². The lowest BCUT2D eigenvalue weighted by Crippen LogP contribution is -2.73. The molecule has 0 saturated heterocycles. The largest absolute Gasteiger partial charge is 0.465 e. The Labute approximate surface area is 231 Å². The molecule has 0 amide bonds. The summed E-state index contributed by atoms with van der Waals surface area (Å²) < 4.78 is 76.5. The summed E-state index contributed by atoms with van der Waals surface area (Å²) in [5, 5.41) is 17.3. The number of hydrogen-bond donors (Lipinski definition) is 3. The Morgan fingerprint density at radius 3 is 1.82 bits per heavy atom. The topological polar surface area (TPSA) is 157 Å². The minimum absolute atomic E-state index is 0.0342. The number of hydrogen-bond acceptors (Lipinski definition) is 9. The fourth-order valence-corrected chi connectivity index (χ4v) is 10.8. The monoisotopic (exact) mass is 592 g/mol. The molecule has 2 atom stereocenters. The molecule has 3 N–H and O–H groups in total. The maximum atomic E-state index is 14.1. The summed E-state index contributed by atoms with van der Waals surface area (Å²) in [5.74, 6) is -1.09. The molecule has 8 fully saturated rings. The number of ether oxygens (including phenoxy) is 3. The smallest absolute Gasteiger partial charge is 0.456 e. The van der Waals surface area contributed by atoms with Crippen LogP contribution in [0.3, 0.4) is 0 Å². The van der Waals surface area contributed by atoms with Crippen molar-refractivity contribution in [3.05, 3.63) is 0 Å². The van der Waals surface area contributed by atoms with Crippen molar-refractivity contribution in [1.82, 2.24) is 0 Å². The third-order valence-corrected chi connectivity index (χ3v) is 11.7. The van der Waals surface area contributed by atoms with E-state index in [1.165, 1.54) is 6.42 Å². The van der Waals surface area contributed by atoms with Crippen LogP contribution in [0.4, 0.5) is 8.78 Å². The summed E-state index contributed by atoms with van der Waals surface area (Å²) in [6, 6.07) is 0. The van der Waals surface area contributed by atoms with E-state index in [0.29, 0.717) is 11.8 Å². The fraction of sp³-hybridized carbons (Fsp3) is 0.926. The second-order valence-electron chi connectivity index (χ2n) is 14.3. The summed E-state index contributed by atoms with van der Waals surface area (Å²) >= 11 is 0. The van der Waals surface area contributed by atoms with Crippen LogP contribution in [-0.4, -0.2) is 75.0 Å². The maximum Gasteiger partial charge on any atom is 0.465 e. The van der Waals surface area contributed by atoms with Crippen LogP contribution in [0, 0.1) is 29.6 Å². The van der Waals surface area contributed by atoms with Gasteiger partial charge in [0.15, 0.2) is 0 Å². The van der Waals surface area contributed by atoms with E-state index in [1.807, 2.05) is 0 Å². The van der Waals surface area contributed by atoms with Gasteiger partial charge in [0.05, 0.1) is 16.8 Å². The van der Waals surface area contributed by atoms with Crippen LogP contribution in [0.5, 0.6) is 0 Å².